The molecule has 136 valence electrons. The highest BCUT2D eigenvalue weighted by Crippen LogP contribution is 2.45. The van der Waals surface area contributed by atoms with Crippen LogP contribution in [-0.4, -0.2) is 28.1 Å². The minimum atomic E-state index is -0.390. The summed E-state index contributed by atoms with van der Waals surface area (Å²) >= 11 is 0. The summed E-state index contributed by atoms with van der Waals surface area (Å²) in [7, 11) is 1.96. The van der Waals surface area contributed by atoms with Crippen molar-refractivity contribution >= 4 is 5.65 Å². The molecule has 0 saturated heterocycles. The van der Waals surface area contributed by atoms with E-state index in [1.54, 1.807) is 6.20 Å². The van der Waals surface area contributed by atoms with Gasteiger partial charge in [0, 0.05) is 37.2 Å². The molecular formula is C21H25FN4. The van der Waals surface area contributed by atoms with E-state index in [9.17, 15) is 4.39 Å². The van der Waals surface area contributed by atoms with Crippen LogP contribution in [0.3, 0.4) is 0 Å². The van der Waals surface area contributed by atoms with Gasteiger partial charge >= 0.3 is 0 Å². The van der Waals surface area contributed by atoms with Crippen LogP contribution in [0.25, 0.3) is 5.65 Å². The van der Waals surface area contributed by atoms with Gasteiger partial charge in [-0.1, -0.05) is 18.2 Å². The third kappa shape index (κ3) is 3.06. The Bertz CT molecular complexity index is 889. The number of nitrogens with one attached hydrogen (secondary N) is 1. The molecule has 0 aliphatic heterocycles. The van der Waals surface area contributed by atoms with E-state index >= 15 is 0 Å². The summed E-state index contributed by atoms with van der Waals surface area (Å²) in [4.78, 5) is 9.25. The van der Waals surface area contributed by atoms with Gasteiger partial charge in [0.15, 0.2) is 5.65 Å². The van der Waals surface area contributed by atoms with Crippen LogP contribution in [0.5, 0.6) is 0 Å². The summed E-state index contributed by atoms with van der Waals surface area (Å²) in [5.74, 6) is 0.828. The number of hydrogen-bond donors (Lipinski definition) is 1. The van der Waals surface area contributed by atoms with Gasteiger partial charge < -0.3 is 9.72 Å². The Morgan fingerprint density at radius 1 is 1.42 bits per heavy atom. The molecule has 1 N–H and O–H groups in total. The standard InChI is InChI=1S/C21H25FN4/c1-3-4-15-11-16(7-8-18(15)23-2)21-20(14-5-6-14)25-19-12-24-17(9-10-22)13-26(19)21/h3,8,11-14,16,23H,1,4-7,9-10H2,2H3. The molecular weight excluding hydrogens is 327 g/mol. The monoisotopic (exact) mass is 352 g/mol. The van der Waals surface area contributed by atoms with Crippen molar-refractivity contribution in [3.05, 3.63) is 65.6 Å². The lowest BCUT2D eigenvalue weighted by atomic mass is 9.88. The number of nitrogens with zero attached hydrogens (tertiary/aromatic N) is 3. The first-order valence-electron chi connectivity index (χ1n) is 9.37. The minimum Gasteiger partial charge on any atom is -0.388 e. The Balaban J connectivity index is 1.81. The van der Waals surface area contributed by atoms with E-state index in [4.69, 9.17) is 4.98 Å². The van der Waals surface area contributed by atoms with Gasteiger partial charge in [-0.25, -0.2) is 4.98 Å². The SMILES string of the molecule is C=CCC1=CC(c2c(C3CC3)nc3cnc(CCF)cn23)CC=C1NC. The first-order valence-corrected chi connectivity index (χ1v) is 9.37. The van der Waals surface area contributed by atoms with Crippen molar-refractivity contribution in [2.24, 2.45) is 0 Å². The molecule has 26 heavy (non-hydrogen) atoms. The highest BCUT2D eigenvalue weighted by atomic mass is 19.1. The molecule has 0 spiro atoms. The summed E-state index contributed by atoms with van der Waals surface area (Å²) in [5, 5.41) is 3.29. The lowest BCUT2D eigenvalue weighted by Gasteiger charge is -2.22. The van der Waals surface area contributed by atoms with E-state index < -0.39 is 0 Å². The predicted molar refractivity (Wildman–Crippen MR) is 102 cm³/mol. The van der Waals surface area contributed by atoms with Crippen molar-refractivity contribution in [3.8, 4) is 0 Å². The molecule has 2 aliphatic rings. The Morgan fingerprint density at radius 2 is 2.27 bits per heavy atom. The number of allylic oxidation sites excluding steroid dienone is 4. The fourth-order valence-electron chi connectivity index (χ4n) is 3.85. The summed E-state index contributed by atoms with van der Waals surface area (Å²) < 4.78 is 14.9. The molecule has 5 heteroatoms. The molecule has 1 saturated carbocycles. The molecule has 2 aromatic heterocycles. The zero-order chi connectivity index (χ0) is 18.1. The molecule has 0 radical (unpaired) electrons. The Kier molecular flexibility index (Phi) is 4.62. The number of aryl methyl sites for hydroxylation is 1. The van der Waals surface area contributed by atoms with Crippen molar-refractivity contribution in [3.63, 3.8) is 0 Å². The summed E-state index contributed by atoms with van der Waals surface area (Å²) in [5.41, 5.74) is 6.55. The molecule has 2 aromatic rings. The molecule has 1 fully saturated rings. The van der Waals surface area contributed by atoms with Crippen molar-refractivity contribution in [1.29, 1.82) is 0 Å². The van der Waals surface area contributed by atoms with Gasteiger partial charge in [0.05, 0.1) is 30.0 Å². The third-order valence-electron chi connectivity index (χ3n) is 5.25. The summed E-state index contributed by atoms with van der Waals surface area (Å²) in [6.45, 7) is 3.50. The summed E-state index contributed by atoms with van der Waals surface area (Å²) in [6, 6.07) is 0. The molecule has 4 rings (SSSR count). The maximum absolute atomic E-state index is 12.8. The first kappa shape index (κ1) is 17.0. The summed E-state index contributed by atoms with van der Waals surface area (Å²) in [6.07, 6.45) is 14.8. The molecule has 1 atom stereocenters. The lowest BCUT2D eigenvalue weighted by molar-refractivity contribution is 0.491. The van der Waals surface area contributed by atoms with Crippen LogP contribution >= 0.6 is 0 Å². The average molecular weight is 352 g/mol. The van der Waals surface area contributed by atoms with Crippen molar-refractivity contribution in [2.45, 2.75) is 43.9 Å². The van der Waals surface area contributed by atoms with Crippen LogP contribution < -0.4 is 5.32 Å². The molecule has 0 bridgehead atoms. The number of alkyl halides is 1. The highest BCUT2D eigenvalue weighted by Gasteiger charge is 2.33. The number of imidazole rings is 1. The van der Waals surface area contributed by atoms with Crippen LogP contribution in [0.15, 0.2) is 48.5 Å². The molecule has 1 unspecified atom stereocenters. The lowest BCUT2D eigenvalue weighted by Crippen LogP contribution is -2.15. The molecule has 2 heterocycles. The molecule has 0 amide bonds. The number of halogens is 1. The Hall–Kier alpha value is -2.43. The molecule has 2 aliphatic carbocycles. The van der Waals surface area contributed by atoms with Gasteiger partial charge in [0.1, 0.15) is 0 Å². The number of rotatable bonds is 7. The van der Waals surface area contributed by atoms with E-state index in [0.29, 0.717) is 12.3 Å². The fraction of sp³-hybridized carbons (Fsp3) is 0.429. The van der Waals surface area contributed by atoms with Crippen LogP contribution in [0, 0.1) is 0 Å². The van der Waals surface area contributed by atoms with Gasteiger partial charge in [-0.2, -0.15) is 0 Å². The fourth-order valence-corrected chi connectivity index (χ4v) is 3.85. The molecule has 4 nitrogen and oxygen atoms in total. The molecule has 0 aromatic carbocycles. The van der Waals surface area contributed by atoms with E-state index in [-0.39, 0.29) is 12.6 Å². The number of aromatic nitrogens is 3. The van der Waals surface area contributed by atoms with E-state index in [2.05, 4.69) is 33.4 Å². The topological polar surface area (TPSA) is 42.2 Å². The van der Waals surface area contributed by atoms with Crippen LogP contribution in [0.1, 0.15) is 54.6 Å². The van der Waals surface area contributed by atoms with Gasteiger partial charge in [-0.15, -0.1) is 6.58 Å². The van der Waals surface area contributed by atoms with Crippen LogP contribution in [0.2, 0.25) is 0 Å². The largest absolute Gasteiger partial charge is 0.388 e. The average Bonchev–Trinajstić information content (AvgIpc) is 3.43. The van der Waals surface area contributed by atoms with E-state index in [1.807, 2.05) is 19.3 Å². The van der Waals surface area contributed by atoms with Crippen molar-refractivity contribution in [2.75, 3.05) is 13.7 Å². The third-order valence-corrected chi connectivity index (χ3v) is 5.25. The maximum atomic E-state index is 12.8. The smallest absolute Gasteiger partial charge is 0.155 e. The Labute approximate surface area is 153 Å². The Morgan fingerprint density at radius 3 is 2.96 bits per heavy atom. The zero-order valence-electron chi connectivity index (χ0n) is 15.2. The quantitative estimate of drug-likeness (QED) is 0.759. The second-order valence-electron chi connectivity index (χ2n) is 7.10. The maximum Gasteiger partial charge on any atom is 0.155 e. The van der Waals surface area contributed by atoms with Gasteiger partial charge in [-0.3, -0.25) is 9.37 Å². The van der Waals surface area contributed by atoms with Gasteiger partial charge in [-0.05, 0) is 31.3 Å². The number of hydrogen-bond acceptors (Lipinski definition) is 3. The second kappa shape index (κ2) is 7.06. The highest BCUT2D eigenvalue weighted by molar-refractivity contribution is 5.48. The van der Waals surface area contributed by atoms with Gasteiger partial charge in [0.2, 0.25) is 0 Å². The van der Waals surface area contributed by atoms with Crippen molar-refractivity contribution < 1.29 is 4.39 Å². The minimum absolute atomic E-state index is 0.272. The van der Waals surface area contributed by atoms with Gasteiger partial charge in [0.25, 0.3) is 0 Å². The number of likely N-dealkylation sites (N-methyl/N-ethyl adjacent to an activating group) is 1. The van der Waals surface area contributed by atoms with Crippen LogP contribution in [0.4, 0.5) is 4.39 Å². The van der Waals surface area contributed by atoms with Crippen LogP contribution in [-0.2, 0) is 6.42 Å². The number of fused-ring (bicyclic) bond motifs is 1. The van der Waals surface area contributed by atoms with E-state index in [1.165, 1.54) is 35.5 Å². The zero-order valence-corrected chi connectivity index (χ0v) is 15.2. The predicted octanol–water partition coefficient (Wildman–Crippen LogP) is 4.21. The second-order valence-corrected chi connectivity index (χ2v) is 7.10. The normalized spacial score (nSPS) is 20.0. The van der Waals surface area contributed by atoms with Crippen molar-refractivity contribution in [1.82, 2.24) is 19.7 Å². The van der Waals surface area contributed by atoms with E-state index in [0.717, 1.165) is 24.2 Å². The first-order chi connectivity index (χ1) is 12.7.